The summed E-state index contributed by atoms with van der Waals surface area (Å²) in [6, 6.07) is 11.1. The Hall–Kier alpha value is -3.87. The van der Waals surface area contributed by atoms with Crippen molar-refractivity contribution in [2.45, 2.75) is 45.2 Å². The summed E-state index contributed by atoms with van der Waals surface area (Å²) in [5, 5.41) is 0.925. The van der Waals surface area contributed by atoms with Crippen LogP contribution >= 0.6 is 0 Å². The number of rotatable bonds is 5. The van der Waals surface area contributed by atoms with Gasteiger partial charge in [-0.15, -0.1) is 0 Å². The molecule has 0 spiro atoms. The Morgan fingerprint density at radius 1 is 0.829 bits per heavy atom. The fourth-order valence-electron chi connectivity index (χ4n) is 4.98. The molecule has 4 heterocycles. The van der Waals surface area contributed by atoms with Crippen LogP contribution in [-0.4, -0.2) is 27.3 Å². The first-order chi connectivity index (χ1) is 17.2. The van der Waals surface area contributed by atoms with Crippen LogP contribution in [0.25, 0.3) is 21.8 Å². The third-order valence-electron chi connectivity index (χ3n) is 6.91. The predicted molar refractivity (Wildman–Crippen MR) is 135 cm³/mol. The van der Waals surface area contributed by atoms with Gasteiger partial charge in [0.1, 0.15) is 13.2 Å². The van der Waals surface area contributed by atoms with E-state index in [1.807, 2.05) is 36.5 Å². The molecule has 6 rings (SSSR count). The highest BCUT2D eigenvalue weighted by Gasteiger charge is 2.14. The minimum absolute atomic E-state index is 0.102. The van der Waals surface area contributed by atoms with Crippen molar-refractivity contribution in [2.24, 2.45) is 0 Å². The Morgan fingerprint density at radius 2 is 1.57 bits per heavy atom. The van der Waals surface area contributed by atoms with E-state index in [1.54, 1.807) is 21.4 Å². The van der Waals surface area contributed by atoms with Crippen LogP contribution in [0.5, 0.6) is 11.5 Å². The van der Waals surface area contributed by atoms with E-state index < -0.39 is 0 Å². The molecule has 0 atom stereocenters. The average molecular weight is 470 g/mol. The zero-order valence-corrected chi connectivity index (χ0v) is 19.5. The van der Waals surface area contributed by atoms with E-state index in [9.17, 15) is 9.59 Å². The monoisotopic (exact) mass is 469 g/mol. The second kappa shape index (κ2) is 9.06. The first-order valence-electron chi connectivity index (χ1n) is 12.3. The number of nitrogens with zero attached hydrogens (tertiary/aromatic N) is 3. The molecule has 7 heteroatoms. The van der Waals surface area contributed by atoms with E-state index in [-0.39, 0.29) is 11.1 Å². The van der Waals surface area contributed by atoms with Gasteiger partial charge >= 0.3 is 0 Å². The average Bonchev–Trinajstić information content (AvgIpc) is 2.90. The van der Waals surface area contributed by atoms with Crippen LogP contribution in [0.3, 0.4) is 0 Å². The Balaban J connectivity index is 1.33. The predicted octanol–water partition coefficient (Wildman–Crippen LogP) is 4.42. The Labute approximate surface area is 202 Å². The number of aryl methyl sites for hydroxylation is 1. The van der Waals surface area contributed by atoms with Crippen LogP contribution in [0, 0.1) is 0 Å². The fourth-order valence-corrected chi connectivity index (χ4v) is 4.98. The van der Waals surface area contributed by atoms with Gasteiger partial charge in [0.15, 0.2) is 11.5 Å². The van der Waals surface area contributed by atoms with Gasteiger partial charge in [-0.3, -0.25) is 9.59 Å². The number of benzene rings is 1. The number of fused-ring (bicyclic) bond motifs is 3. The normalized spacial score (nSPS) is 15.4. The zero-order chi connectivity index (χ0) is 23.8. The molecule has 7 nitrogen and oxygen atoms in total. The molecule has 178 valence electrons. The molecule has 0 unspecified atom stereocenters. The molecular formula is C28H27N3O4. The van der Waals surface area contributed by atoms with Crippen LogP contribution in [-0.2, 0) is 13.1 Å². The summed E-state index contributed by atoms with van der Waals surface area (Å²) < 4.78 is 14.6. The molecule has 0 bridgehead atoms. The largest absolute Gasteiger partial charge is 0.486 e. The SMILES string of the molecule is O=c1c2cc3c(=O)n(Cc4ccc5c(c4)OCCO5)ccc3nc2ccn1CCC1=CCCCC1. The van der Waals surface area contributed by atoms with Crippen molar-refractivity contribution >= 4 is 21.8 Å². The maximum atomic E-state index is 13.3. The van der Waals surface area contributed by atoms with Crippen molar-refractivity contribution < 1.29 is 9.47 Å². The van der Waals surface area contributed by atoms with Crippen molar-refractivity contribution in [3.63, 3.8) is 0 Å². The van der Waals surface area contributed by atoms with Gasteiger partial charge in [-0.05, 0) is 68.0 Å². The lowest BCUT2D eigenvalue weighted by Crippen LogP contribution is -2.23. The van der Waals surface area contributed by atoms with E-state index in [1.165, 1.54) is 18.4 Å². The van der Waals surface area contributed by atoms with Crippen LogP contribution in [0.4, 0.5) is 0 Å². The summed E-state index contributed by atoms with van der Waals surface area (Å²) in [5.41, 5.74) is 3.29. The number of hydrogen-bond donors (Lipinski definition) is 0. The lowest BCUT2D eigenvalue weighted by Gasteiger charge is -2.19. The number of allylic oxidation sites excluding steroid dienone is 2. The zero-order valence-electron chi connectivity index (χ0n) is 19.5. The van der Waals surface area contributed by atoms with E-state index in [0.29, 0.717) is 53.9 Å². The molecule has 1 aliphatic carbocycles. The molecule has 0 N–H and O–H groups in total. The Morgan fingerprint density at radius 3 is 2.34 bits per heavy atom. The van der Waals surface area contributed by atoms with Gasteiger partial charge in [-0.2, -0.15) is 0 Å². The van der Waals surface area contributed by atoms with Crippen molar-refractivity contribution in [1.29, 1.82) is 0 Å². The number of hydrogen-bond acceptors (Lipinski definition) is 5. The third-order valence-corrected chi connectivity index (χ3v) is 6.91. The first kappa shape index (κ1) is 21.6. The van der Waals surface area contributed by atoms with E-state index in [4.69, 9.17) is 9.47 Å². The molecule has 4 aromatic rings. The quantitative estimate of drug-likeness (QED) is 0.320. The van der Waals surface area contributed by atoms with Gasteiger partial charge in [0.2, 0.25) is 0 Å². The molecular weight excluding hydrogens is 442 g/mol. The fraction of sp³-hybridized carbons (Fsp3) is 0.321. The van der Waals surface area contributed by atoms with Gasteiger partial charge in [-0.25, -0.2) is 4.98 Å². The summed E-state index contributed by atoms with van der Waals surface area (Å²) in [7, 11) is 0. The molecule has 0 saturated heterocycles. The molecule has 2 aliphatic rings. The standard InChI is InChI=1S/C28H27N3O4/c32-27-21-17-22-24(29-23(21)9-12-30(27)11-8-19-4-2-1-3-5-19)10-13-31(28(22)33)18-20-6-7-25-26(16-20)35-15-14-34-25/h4,6-7,9-10,12-13,16-17H,1-3,5,8,11,14-15,18H2. The van der Waals surface area contributed by atoms with Gasteiger partial charge < -0.3 is 18.6 Å². The topological polar surface area (TPSA) is 75.3 Å². The highest BCUT2D eigenvalue weighted by Crippen LogP contribution is 2.31. The van der Waals surface area contributed by atoms with Crippen molar-refractivity contribution in [2.75, 3.05) is 13.2 Å². The van der Waals surface area contributed by atoms with Gasteiger partial charge in [0, 0.05) is 18.9 Å². The summed E-state index contributed by atoms with van der Waals surface area (Å²) >= 11 is 0. The van der Waals surface area contributed by atoms with Crippen molar-refractivity contribution in [1.82, 2.24) is 14.1 Å². The van der Waals surface area contributed by atoms with Crippen LogP contribution < -0.4 is 20.6 Å². The Kier molecular flexibility index (Phi) is 5.60. The summed E-state index contributed by atoms with van der Waals surface area (Å²) in [5.74, 6) is 1.41. The number of aromatic nitrogens is 3. The maximum absolute atomic E-state index is 13.3. The smallest absolute Gasteiger partial charge is 0.260 e. The van der Waals surface area contributed by atoms with Crippen LogP contribution in [0.1, 0.15) is 37.7 Å². The molecule has 0 fully saturated rings. The summed E-state index contributed by atoms with van der Waals surface area (Å²) in [6.07, 6.45) is 11.5. The second-order valence-corrected chi connectivity index (χ2v) is 9.25. The van der Waals surface area contributed by atoms with Crippen LogP contribution in [0.2, 0.25) is 0 Å². The van der Waals surface area contributed by atoms with E-state index in [2.05, 4.69) is 11.1 Å². The molecule has 0 radical (unpaired) electrons. The van der Waals surface area contributed by atoms with E-state index in [0.717, 1.165) is 30.6 Å². The second-order valence-electron chi connectivity index (χ2n) is 9.25. The Bertz CT molecular complexity index is 1580. The highest BCUT2D eigenvalue weighted by molar-refractivity contribution is 5.91. The summed E-state index contributed by atoms with van der Waals surface area (Å²) in [6.45, 7) is 2.08. The van der Waals surface area contributed by atoms with Crippen LogP contribution in [0.15, 0.2) is 70.0 Å². The van der Waals surface area contributed by atoms with Gasteiger partial charge in [0.25, 0.3) is 11.1 Å². The lowest BCUT2D eigenvalue weighted by molar-refractivity contribution is 0.171. The maximum Gasteiger partial charge on any atom is 0.260 e. The molecule has 1 aromatic carbocycles. The minimum atomic E-state index is -0.172. The first-order valence-corrected chi connectivity index (χ1v) is 12.3. The van der Waals surface area contributed by atoms with Crippen molar-refractivity contribution in [3.05, 3.63) is 86.7 Å². The summed E-state index contributed by atoms with van der Waals surface area (Å²) in [4.78, 5) is 31.2. The van der Waals surface area contributed by atoms with Crippen molar-refractivity contribution in [3.8, 4) is 11.5 Å². The molecule has 0 amide bonds. The third kappa shape index (κ3) is 4.22. The van der Waals surface area contributed by atoms with Gasteiger partial charge in [-0.1, -0.05) is 17.7 Å². The number of pyridine rings is 3. The molecule has 3 aromatic heterocycles. The van der Waals surface area contributed by atoms with Gasteiger partial charge in [0.05, 0.1) is 28.4 Å². The highest BCUT2D eigenvalue weighted by atomic mass is 16.6. The number of ether oxygens (including phenoxy) is 2. The minimum Gasteiger partial charge on any atom is -0.486 e. The molecule has 0 saturated carbocycles. The van der Waals surface area contributed by atoms with E-state index >= 15 is 0 Å². The lowest BCUT2D eigenvalue weighted by atomic mass is 9.97. The molecule has 1 aliphatic heterocycles. The molecule has 35 heavy (non-hydrogen) atoms.